The molecule has 3 fully saturated rings. The molecule has 3 saturated carbocycles. The summed E-state index contributed by atoms with van der Waals surface area (Å²) in [5.74, 6) is 0.942. The van der Waals surface area contributed by atoms with Crippen LogP contribution in [0.1, 0.15) is 65.7 Å². The molecule has 4 unspecified atom stereocenters. The van der Waals surface area contributed by atoms with Gasteiger partial charge in [0.25, 0.3) is 0 Å². The molecule has 17 heavy (non-hydrogen) atoms. The maximum Gasteiger partial charge on any atom is -0.0320 e. The zero-order chi connectivity index (χ0) is 12.3. The van der Waals surface area contributed by atoms with Gasteiger partial charge in [-0.15, -0.1) is 6.04 Å². The first kappa shape index (κ1) is 12.0. The molecule has 3 aliphatic carbocycles. The van der Waals surface area contributed by atoms with Crippen molar-refractivity contribution in [2.45, 2.75) is 71.8 Å². The Bertz CT molecular complexity index is 321. The van der Waals surface area contributed by atoms with Crippen molar-refractivity contribution in [3.8, 4) is 0 Å². The molecular weight excluding hydrogens is 206 g/mol. The molecular formula is C16H28N-. The van der Waals surface area contributed by atoms with Crippen LogP contribution in [0.25, 0.3) is 5.32 Å². The first-order valence-electron chi connectivity index (χ1n) is 7.51. The summed E-state index contributed by atoms with van der Waals surface area (Å²) < 4.78 is 0. The summed E-state index contributed by atoms with van der Waals surface area (Å²) in [6.07, 6.45) is 10.1. The molecule has 0 aromatic rings. The highest BCUT2D eigenvalue weighted by atomic mass is 14.9. The first-order chi connectivity index (χ1) is 7.92. The molecule has 0 saturated heterocycles. The second kappa shape index (κ2) is 3.50. The molecule has 1 heteroatoms. The Morgan fingerprint density at radius 3 is 2.53 bits per heavy atom. The van der Waals surface area contributed by atoms with Crippen LogP contribution in [-0.2, 0) is 0 Å². The Balaban J connectivity index is 2.00. The van der Waals surface area contributed by atoms with E-state index in [9.17, 15) is 0 Å². The predicted octanol–water partition coefficient (Wildman–Crippen LogP) is 4.77. The maximum absolute atomic E-state index is 4.81. The van der Waals surface area contributed by atoms with E-state index in [2.05, 4.69) is 27.8 Å². The minimum Gasteiger partial charge on any atom is -0.662 e. The van der Waals surface area contributed by atoms with E-state index in [-0.39, 0.29) is 0 Å². The Hall–Kier alpha value is -0.0400. The number of hydrogen-bond acceptors (Lipinski definition) is 0. The molecule has 0 aliphatic heterocycles. The first-order valence-corrected chi connectivity index (χ1v) is 7.51. The second-order valence-electron chi connectivity index (χ2n) is 8.13. The van der Waals surface area contributed by atoms with E-state index in [0.717, 1.165) is 5.92 Å². The van der Waals surface area contributed by atoms with Crippen LogP contribution in [0.2, 0.25) is 0 Å². The van der Waals surface area contributed by atoms with E-state index in [4.69, 9.17) is 5.32 Å². The number of hydrogen-bond donors (Lipinski definition) is 0. The highest BCUT2D eigenvalue weighted by molar-refractivity contribution is 5.19. The van der Waals surface area contributed by atoms with Gasteiger partial charge in [-0.05, 0) is 54.3 Å². The fourth-order valence-electron chi connectivity index (χ4n) is 5.98. The summed E-state index contributed by atoms with van der Waals surface area (Å²) >= 11 is 0. The Labute approximate surface area is 107 Å². The van der Waals surface area contributed by atoms with E-state index >= 15 is 0 Å². The summed E-state index contributed by atoms with van der Waals surface area (Å²) in [5, 5.41) is 4.81. The molecule has 0 amide bonds. The lowest BCUT2D eigenvalue weighted by Gasteiger charge is -2.59. The van der Waals surface area contributed by atoms with Crippen LogP contribution in [0.3, 0.4) is 0 Å². The van der Waals surface area contributed by atoms with E-state index in [1.54, 1.807) is 0 Å². The van der Waals surface area contributed by atoms with Crippen LogP contribution in [0.4, 0.5) is 0 Å². The van der Waals surface area contributed by atoms with Crippen molar-refractivity contribution in [1.29, 1.82) is 0 Å². The third-order valence-corrected chi connectivity index (χ3v) is 6.55. The van der Waals surface area contributed by atoms with E-state index in [0.29, 0.717) is 22.3 Å². The van der Waals surface area contributed by atoms with E-state index in [1.807, 2.05) is 0 Å². The van der Waals surface area contributed by atoms with Gasteiger partial charge in [-0.2, -0.15) is 7.05 Å². The second-order valence-corrected chi connectivity index (χ2v) is 8.13. The zero-order valence-electron chi connectivity index (χ0n) is 12.1. The topological polar surface area (TPSA) is 14.1 Å². The van der Waals surface area contributed by atoms with Gasteiger partial charge in [0.1, 0.15) is 0 Å². The Kier molecular flexibility index (Phi) is 2.47. The van der Waals surface area contributed by atoms with Gasteiger partial charge in [-0.1, -0.05) is 33.6 Å². The van der Waals surface area contributed by atoms with Crippen molar-refractivity contribution in [2.75, 3.05) is 7.05 Å². The van der Waals surface area contributed by atoms with Crippen molar-refractivity contribution in [1.82, 2.24) is 0 Å². The highest BCUT2D eigenvalue weighted by Crippen LogP contribution is 2.69. The van der Waals surface area contributed by atoms with Crippen molar-refractivity contribution in [3.05, 3.63) is 5.32 Å². The van der Waals surface area contributed by atoms with Gasteiger partial charge in [0.2, 0.25) is 0 Å². The molecule has 4 atom stereocenters. The molecule has 2 bridgehead atoms. The third-order valence-electron chi connectivity index (χ3n) is 6.55. The van der Waals surface area contributed by atoms with Crippen molar-refractivity contribution in [3.63, 3.8) is 0 Å². The molecule has 98 valence electrons. The molecule has 1 spiro atoms. The molecule has 0 heterocycles. The van der Waals surface area contributed by atoms with Crippen LogP contribution < -0.4 is 0 Å². The zero-order valence-corrected chi connectivity index (χ0v) is 12.1. The van der Waals surface area contributed by atoms with Crippen LogP contribution in [0.15, 0.2) is 0 Å². The number of fused-ring (bicyclic) bond motifs is 1. The van der Waals surface area contributed by atoms with Gasteiger partial charge >= 0.3 is 0 Å². The maximum atomic E-state index is 4.81. The molecule has 1 nitrogen and oxygen atoms in total. The van der Waals surface area contributed by atoms with Gasteiger partial charge in [-0.3, -0.25) is 0 Å². The Morgan fingerprint density at radius 1 is 1.06 bits per heavy atom. The SMILES string of the molecule is C[N-]C1CC(C)(C)C2CCC3(C)CCCC12C3. The van der Waals surface area contributed by atoms with Gasteiger partial charge in [0.05, 0.1) is 0 Å². The lowest BCUT2D eigenvalue weighted by Crippen LogP contribution is -2.48. The van der Waals surface area contributed by atoms with Gasteiger partial charge in [-0.25, -0.2) is 0 Å². The molecule has 0 radical (unpaired) electrons. The fraction of sp³-hybridized carbons (Fsp3) is 1.00. The van der Waals surface area contributed by atoms with Crippen LogP contribution in [0.5, 0.6) is 0 Å². The highest BCUT2D eigenvalue weighted by Gasteiger charge is 2.59. The fourth-order valence-corrected chi connectivity index (χ4v) is 5.98. The van der Waals surface area contributed by atoms with Crippen molar-refractivity contribution in [2.24, 2.45) is 22.2 Å². The molecule has 0 N–H and O–H groups in total. The summed E-state index contributed by atoms with van der Waals surface area (Å²) in [5.41, 5.74) is 1.77. The van der Waals surface area contributed by atoms with Crippen LogP contribution >= 0.6 is 0 Å². The van der Waals surface area contributed by atoms with E-state index < -0.39 is 0 Å². The monoisotopic (exact) mass is 234 g/mol. The quantitative estimate of drug-likeness (QED) is 0.621. The Morgan fingerprint density at radius 2 is 1.82 bits per heavy atom. The molecule has 0 aromatic carbocycles. The minimum absolute atomic E-state index is 0.531. The van der Waals surface area contributed by atoms with Crippen LogP contribution in [0, 0.1) is 22.2 Å². The summed E-state index contributed by atoms with van der Waals surface area (Å²) in [6.45, 7) is 7.55. The normalized spacial score (nSPS) is 52.2. The average molecular weight is 234 g/mol. The van der Waals surface area contributed by atoms with Crippen molar-refractivity contribution >= 4 is 0 Å². The minimum atomic E-state index is 0.531. The van der Waals surface area contributed by atoms with Crippen molar-refractivity contribution < 1.29 is 0 Å². The predicted molar refractivity (Wildman–Crippen MR) is 73.2 cm³/mol. The smallest absolute Gasteiger partial charge is 0.0320 e. The lowest BCUT2D eigenvalue weighted by atomic mass is 9.49. The lowest BCUT2D eigenvalue weighted by molar-refractivity contribution is -0.0470. The molecule has 3 rings (SSSR count). The van der Waals surface area contributed by atoms with Crippen LogP contribution in [-0.4, -0.2) is 13.1 Å². The largest absolute Gasteiger partial charge is 0.662 e. The standard InChI is InChI=1S/C16H28N/c1-14(2)10-13(17-4)16-8-5-7-15(3,11-16)9-6-12(14)16/h12-13H,5-11H2,1-4H3/q-1. The van der Waals surface area contributed by atoms with Gasteiger partial charge < -0.3 is 5.32 Å². The van der Waals surface area contributed by atoms with Gasteiger partial charge in [0, 0.05) is 0 Å². The molecule has 0 aromatic heterocycles. The summed E-state index contributed by atoms with van der Waals surface area (Å²) in [7, 11) is 2.07. The van der Waals surface area contributed by atoms with E-state index in [1.165, 1.54) is 44.9 Å². The average Bonchev–Trinajstić information content (AvgIpc) is 2.44. The summed E-state index contributed by atoms with van der Waals surface area (Å²) in [6, 6.07) is 0.655. The molecule has 3 aliphatic rings. The summed E-state index contributed by atoms with van der Waals surface area (Å²) in [4.78, 5) is 0. The third kappa shape index (κ3) is 1.54. The number of rotatable bonds is 1. The van der Waals surface area contributed by atoms with Gasteiger partial charge in [0.15, 0.2) is 0 Å². The number of nitrogens with zero attached hydrogens (tertiary/aromatic N) is 1.